The third kappa shape index (κ3) is 8.18. The number of hydrogen-bond acceptors (Lipinski definition) is 7. The van der Waals surface area contributed by atoms with Gasteiger partial charge in [0, 0.05) is 12.5 Å². The van der Waals surface area contributed by atoms with Gasteiger partial charge in [0.15, 0.2) is 0 Å². The molecular weight excluding hydrogens is 512 g/mol. The summed E-state index contributed by atoms with van der Waals surface area (Å²) in [5.74, 6) is -1.98. The Bertz CT molecular complexity index is 1050. The largest absolute Gasteiger partial charge is 0.444 e. The third-order valence-electron chi connectivity index (χ3n) is 7.10. The van der Waals surface area contributed by atoms with Gasteiger partial charge in [0.2, 0.25) is 21.8 Å². The molecule has 0 spiro atoms. The number of ether oxygens (including phenoxy) is 1. The van der Waals surface area contributed by atoms with Gasteiger partial charge in [-0.25, -0.2) is 13.2 Å². The minimum Gasteiger partial charge on any atom is -0.444 e. The number of rotatable bonds is 3. The molecule has 0 aromatic carbocycles. The van der Waals surface area contributed by atoms with Crippen LogP contribution < -0.4 is 15.4 Å². The summed E-state index contributed by atoms with van der Waals surface area (Å²) < 4.78 is 30.9. The van der Waals surface area contributed by atoms with Gasteiger partial charge in [0.25, 0.3) is 5.91 Å². The Hall–Kier alpha value is -2.63. The zero-order valence-electron chi connectivity index (χ0n) is 22.9. The van der Waals surface area contributed by atoms with Crippen LogP contribution in [0.2, 0.25) is 0 Å². The monoisotopic (exact) mass is 554 g/mol. The summed E-state index contributed by atoms with van der Waals surface area (Å²) in [7, 11) is -3.83. The quantitative estimate of drug-likeness (QED) is 0.452. The van der Waals surface area contributed by atoms with Crippen LogP contribution in [-0.2, 0) is 29.1 Å². The molecule has 38 heavy (non-hydrogen) atoms. The molecule has 0 aromatic heterocycles. The highest BCUT2D eigenvalue weighted by molar-refractivity contribution is 7.89. The van der Waals surface area contributed by atoms with E-state index >= 15 is 0 Å². The predicted octanol–water partition coefficient (Wildman–Crippen LogP) is 2.12. The molecule has 4 amide bonds. The van der Waals surface area contributed by atoms with Gasteiger partial charge in [-0.1, -0.05) is 37.8 Å². The maximum atomic E-state index is 13.6. The van der Waals surface area contributed by atoms with Crippen molar-refractivity contribution in [2.75, 3.05) is 12.8 Å². The minimum absolute atomic E-state index is 0.278. The average Bonchev–Trinajstić information content (AvgIpc) is 3.24. The summed E-state index contributed by atoms with van der Waals surface area (Å²) in [4.78, 5) is 54.0. The van der Waals surface area contributed by atoms with Crippen LogP contribution in [0.15, 0.2) is 12.2 Å². The number of nitrogens with one attached hydrogen (secondary N) is 3. The maximum absolute atomic E-state index is 13.6. The Morgan fingerprint density at radius 2 is 1.76 bits per heavy atom. The highest BCUT2D eigenvalue weighted by Gasteiger charge is 2.61. The first-order valence-electron chi connectivity index (χ1n) is 13.5. The molecule has 1 aliphatic carbocycles. The highest BCUT2D eigenvalue weighted by atomic mass is 32.2. The Morgan fingerprint density at radius 1 is 1.08 bits per heavy atom. The highest BCUT2D eigenvalue weighted by Crippen LogP contribution is 2.45. The SMILES string of the molecule is CC(C)(C)OC(=O)NC1CCCCCCC/C=C\[C@H]2C[C@@]2(C(=O)NS(C)(=O)=O)NC(=O)[C@@H]2CCCN2C1=O. The van der Waals surface area contributed by atoms with Gasteiger partial charge < -0.3 is 20.3 Å². The molecular formula is C26H42N4O7S. The van der Waals surface area contributed by atoms with Gasteiger partial charge in [0.1, 0.15) is 23.2 Å². The van der Waals surface area contributed by atoms with E-state index in [4.69, 9.17) is 4.74 Å². The number of amides is 4. The van der Waals surface area contributed by atoms with E-state index in [1.165, 1.54) is 4.90 Å². The second-order valence-electron chi connectivity index (χ2n) is 11.6. The van der Waals surface area contributed by atoms with Crippen molar-refractivity contribution in [2.45, 2.75) is 108 Å². The molecule has 2 aliphatic heterocycles. The van der Waals surface area contributed by atoms with Crippen LogP contribution in [0.1, 0.15) is 85.0 Å². The van der Waals surface area contributed by atoms with Crippen LogP contribution in [0.25, 0.3) is 0 Å². The second-order valence-corrected chi connectivity index (χ2v) is 13.4. The Kier molecular flexibility index (Phi) is 9.48. The molecule has 2 heterocycles. The molecule has 3 aliphatic rings. The summed E-state index contributed by atoms with van der Waals surface area (Å²) in [6.07, 6.45) is 11.1. The fourth-order valence-electron chi connectivity index (χ4n) is 5.16. The Morgan fingerprint density at radius 3 is 2.45 bits per heavy atom. The lowest BCUT2D eigenvalue weighted by molar-refractivity contribution is -0.141. The van der Waals surface area contributed by atoms with Gasteiger partial charge >= 0.3 is 6.09 Å². The van der Waals surface area contributed by atoms with E-state index in [1.807, 2.05) is 16.9 Å². The lowest BCUT2D eigenvalue weighted by atomic mass is 10.0. The molecule has 3 rings (SSSR count). The van der Waals surface area contributed by atoms with E-state index in [1.54, 1.807) is 20.8 Å². The van der Waals surface area contributed by atoms with Crippen molar-refractivity contribution in [3.05, 3.63) is 12.2 Å². The summed E-state index contributed by atoms with van der Waals surface area (Å²) in [6.45, 7) is 5.57. The number of fused-ring (bicyclic) bond motifs is 2. The summed E-state index contributed by atoms with van der Waals surface area (Å²) in [6, 6.07) is -1.67. The average molecular weight is 555 g/mol. The summed E-state index contributed by atoms with van der Waals surface area (Å²) >= 11 is 0. The van der Waals surface area contributed by atoms with Crippen LogP contribution in [0.3, 0.4) is 0 Å². The van der Waals surface area contributed by atoms with Crippen molar-refractivity contribution in [1.29, 1.82) is 0 Å². The molecule has 3 N–H and O–H groups in total. The van der Waals surface area contributed by atoms with Gasteiger partial charge in [-0.3, -0.25) is 19.1 Å². The molecule has 0 radical (unpaired) electrons. The van der Waals surface area contributed by atoms with Crippen molar-refractivity contribution < 1.29 is 32.3 Å². The molecule has 2 fully saturated rings. The first-order chi connectivity index (χ1) is 17.7. The lowest BCUT2D eigenvalue weighted by Gasteiger charge is -2.30. The topological polar surface area (TPSA) is 151 Å². The number of sulfonamides is 1. The minimum atomic E-state index is -3.83. The normalized spacial score (nSPS) is 30.2. The number of alkyl carbamates (subject to hydrolysis) is 1. The van der Waals surface area contributed by atoms with Crippen LogP contribution in [0, 0.1) is 5.92 Å². The zero-order valence-corrected chi connectivity index (χ0v) is 23.7. The van der Waals surface area contributed by atoms with E-state index in [0.29, 0.717) is 25.8 Å². The molecule has 0 bridgehead atoms. The molecule has 4 atom stereocenters. The van der Waals surface area contributed by atoms with Crippen LogP contribution >= 0.6 is 0 Å². The molecule has 0 aromatic rings. The van der Waals surface area contributed by atoms with Gasteiger partial charge in [-0.2, -0.15) is 0 Å². The molecule has 1 saturated heterocycles. The van der Waals surface area contributed by atoms with E-state index < -0.39 is 51.2 Å². The second kappa shape index (κ2) is 12.0. The summed E-state index contributed by atoms with van der Waals surface area (Å²) in [5, 5.41) is 5.50. The van der Waals surface area contributed by atoms with E-state index in [0.717, 1.165) is 44.8 Å². The van der Waals surface area contributed by atoms with Crippen LogP contribution in [0.5, 0.6) is 0 Å². The molecule has 214 valence electrons. The van der Waals surface area contributed by atoms with E-state index in [-0.39, 0.29) is 18.2 Å². The van der Waals surface area contributed by atoms with Crippen molar-refractivity contribution in [1.82, 2.24) is 20.3 Å². The van der Waals surface area contributed by atoms with Gasteiger partial charge in [-0.05, 0) is 59.3 Å². The lowest BCUT2D eigenvalue weighted by Crippen LogP contribution is -2.58. The zero-order chi connectivity index (χ0) is 28.1. The van der Waals surface area contributed by atoms with Crippen molar-refractivity contribution in [3.8, 4) is 0 Å². The maximum Gasteiger partial charge on any atom is 0.408 e. The smallest absolute Gasteiger partial charge is 0.408 e. The number of carbonyl (C=O) groups excluding carboxylic acids is 4. The Balaban J connectivity index is 1.84. The van der Waals surface area contributed by atoms with Crippen LogP contribution in [0.4, 0.5) is 4.79 Å². The van der Waals surface area contributed by atoms with E-state index in [9.17, 15) is 27.6 Å². The Labute approximate surface area is 225 Å². The van der Waals surface area contributed by atoms with Gasteiger partial charge in [-0.15, -0.1) is 0 Å². The number of nitrogens with zero attached hydrogens (tertiary/aromatic N) is 1. The molecule has 1 saturated carbocycles. The molecule has 11 nitrogen and oxygen atoms in total. The molecule has 1 unspecified atom stereocenters. The van der Waals surface area contributed by atoms with Crippen molar-refractivity contribution in [2.24, 2.45) is 5.92 Å². The van der Waals surface area contributed by atoms with Crippen molar-refractivity contribution in [3.63, 3.8) is 0 Å². The number of allylic oxidation sites excluding steroid dienone is 1. The third-order valence-corrected chi connectivity index (χ3v) is 7.66. The van der Waals surface area contributed by atoms with Crippen LogP contribution in [-0.4, -0.2) is 73.2 Å². The first-order valence-corrected chi connectivity index (χ1v) is 15.4. The van der Waals surface area contributed by atoms with Crippen molar-refractivity contribution >= 4 is 33.8 Å². The number of hydrogen-bond donors (Lipinski definition) is 3. The van der Waals surface area contributed by atoms with Gasteiger partial charge in [0.05, 0.1) is 6.26 Å². The summed E-state index contributed by atoms with van der Waals surface area (Å²) in [5.41, 5.74) is -2.11. The first kappa shape index (κ1) is 29.9. The van der Waals surface area contributed by atoms with E-state index in [2.05, 4.69) is 10.6 Å². The molecule has 12 heteroatoms. The standard InChI is InChI=1S/C26H42N4O7S/c1-25(2,3)37-24(34)27-19-14-11-9-7-5-6-8-10-13-18-17-26(18,23(33)29-38(4,35)36)28-21(31)20-15-12-16-30(20)22(19)32/h10,13,18-20H,5-9,11-12,14-17H2,1-4H3,(H,27,34)(H,28,31)(H,29,33)/b13-10-/t18-,19?,20-,26+/m0/s1. The fourth-order valence-corrected chi connectivity index (χ4v) is 5.68. The number of carbonyl (C=O) groups is 4. The fraction of sp³-hybridized carbons (Fsp3) is 0.769. The predicted molar refractivity (Wildman–Crippen MR) is 141 cm³/mol.